The number of carbonyl (C=O) groups is 2. The smallest absolute Gasteiger partial charge is 0.352 e. The number of nitrogens with zero attached hydrogens (tertiary/aromatic N) is 2. The zero-order valence-electron chi connectivity index (χ0n) is 17.7. The number of amides is 1. The monoisotopic (exact) mass is 452 g/mol. The van der Waals surface area contributed by atoms with Crippen LogP contribution in [0.5, 0.6) is 0 Å². The van der Waals surface area contributed by atoms with Crippen molar-refractivity contribution in [3.8, 4) is 11.1 Å². The number of carbonyl (C=O) groups excluding carboxylic acids is 2. The number of hydrogen-bond acceptors (Lipinski definition) is 4. The first-order valence-electron chi connectivity index (χ1n) is 10.0. The van der Waals surface area contributed by atoms with Gasteiger partial charge in [0.25, 0.3) is 5.91 Å². The molecule has 33 heavy (non-hydrogen) atoms. The highest BCUT2D eigenvalue weighted by Crippen LogP contribution is 2.31. The summed E-state index contributed by atoms with van der Waals surface area (Å²) in [6.07, 6.45) is -3.57. The Hall–Kier alpha value is -4.01. The molecular weight excluding hydrogens is 433 g/mol. The number of benzene rings is 2. The van der Waals surface area contributed by atoms with E-state index < -0.39 is 17.8 Å². The van der Waals surface area contributed by atoms with E-state index in [4.69, 9.17) is 0 Å². The minimum absolute atomic E-state index is 0.0634. The highest BCUT2D eigenvalue weighted by molar-refractivity contribution is 6.03. The molecule has 0 radical (unpaired) electrons. The second-order valence-corrected chi connectivity index (χ2v) is 7.63. The van der Waals surface area contributed by atoms with Crippen LogP contribution in [0, 0.1) is 6.92 Å². The van der Waals surface area contributed by atoms with Crippen LogP contribution in [0.3, 0.4) is 0 Å². The summed E-state index contributed by atoms with van der Waals surface area (Å²) in [6.45, 7) is 3.21. The van der Waals surface area contributed by atoms with E-state index in [1.165, 1.54) is 6.92 Å². The lowest BCUT2D eigenvalue weighted by Gasteiger charge is -2.09. The van der Waals surface area contributed by atoms with Crippen LogP contribution in [0.1, 0.15) is 44.9 Å². The van der Waals surface area contributed by atoms with Gasteiger partial charge in [0.05, 0.1) is 12.2 Å². The van der Waals surface area contributed by atoms with Gasteiger partial charge >= 0.3 is 6.18 Å². The summed E-state index contributed by atoms with van der Waals surface area (Å²) >= 11 is 0. The van der Waals surface area contributed by atoms with Crippen molar-refractivity contribution < 1.29 is 22.8 Å². The van der Waals surface area contributed by atoms with E-state index in [0.29, 0.717) is 11.3 Å². The molecule has 9 heteroatoms. The third-order valence-electron chi connectivity index (χ3n) is 5.12. The summed E-state index contributed by atoms with van der Waals surface area (Å²) in [5.41, 5.74) is 3.43. The molecule has 2 heterocycles. The number of aromatic nitrogens is 3. The second kappa shape index (κ2) is 8.50. The van der Waals surface area contributed by atoms with Gasteiger partial charge in [-0.15, -0.1) is 0 Å². The SMILES string of the molecule is CC(=O)c1cc2c(-c3ccc(C(=O)NCc4nccc(C(F)(F)F)n4)cc3)cc(C)cc2[nH]1. The highest BCUT2D eigenvalue weighted by atomic mass is 19.4. The van der Waals surface area contributed by atoms with Gasteiger partial charge in [0.1, 0.15) is 11.5 Å². The number of rotatable bonds is 5. The molecule has 2 aromatic heterocycles. The maximum Gasteiger partial charge on any atom is 0.433 e. The molecule has 0 aliphatic carbocycles. The largest absolute Gasteiger partial charge is 0.433 e. The van der Waals surface area contributed by atoms with Crippen LogP contribution in [-0.4, -0.2) is 26.6 Å². The minimum atomic E-state index is -4.58. The molecule has 4 aromatic rings. The van der Waals surface area contributed by atoms with Gasteiger partial charge in [-0.1, -0.05) is 18.2 Å². The summed E-state index contributed by atoms with van der Waals surface area (Å²) in [5, 5.41) is 3.43. The molecule has 0 aliphatic heterocycles. The van der Waals surface area contributed by atoms with Crippen molar-refractivity contribution in [2.45, 2.75) is 26.6 Å². The molecule has 0 saturated carbocycles. The molecule has 0 unspecified atom stereocenters. The number of halogens is 3. The Morgan fingerprint density at radius 1 is 1.06 bits per heavy atom. The molecule has 4 rings (SSSR count). The average molecular weight is 452 g/mol. The first-order chi connectivity index (χ1) is 15.6. The fourth-order valence-electron chi connectivity index (χ4n) is 3.52. The Bertz CT molecular complexity index is 1360. The Morgan fingerprint density at radius 2 is 1.79 bits per heavy atom. The van der Waals surface area contributed by atoms with Crippen LogP contribution in [0.25, 0.3) is 22.0 Å². The Kier molecular flexibility index (Phi) is 5.71. The molecule has 168 valence electrons. The quantitative estimate of drug-likeness (QED) is 0.413. The van der Waals surface area contributed by atoms with Gasteiger partial charge < -0.3 is 10.3 Å². The molecule has 6 nitrogen and oxygen atoms in total. The molecule has 2 aromatic carbocycles. The molecule has 2 N–H and O–H groups in total. The van der Waals surface area contributed by atoms with E-state index in [0.717, 1.165) is 39.9 Å². The minimum Gasteiger partial charge on any atom is -0.352 e. The van der Waals surface area contributed by atoms with Crippen LogP contribution < -0.4 is 5.32 Å². The number of fused-ring (bicyclic) bond motifs is 1. The molecule has 0 aliphatic rings. The van der Waals surface area contributed by atoms with Crippen molar-refractivity contribution >= 4 is 22.6 Å². The second-order valence-electron chi connectivity index (χ2n) is 7.63. The summed E-state index contributed by atoms with van der Waals surface area (Å²) in [4.78, 5) is 34.6. The van der Waals surface area contributed by atoms with Crippen molar-refractivity contribution in [1.29, 1.82) is 0 Å². The first-order valence-corrected chi connectivity index (χ1v) is 10.0. The molecule has 0 saturated heterocycles. The number of H-pyrrole nitrogens is 1. The number of aryl methyl sites for hydroxylation is 1. The predicted octanol–water partition coefficient (Wildman–Crippen LogP) is 5.08. The number of aromatic amines is 1. The molecule has 0 spiro atoms. The molecule has 0 bridgehead atoms. The maximum absolute atomic E-state index is 12.8. The highest BCUT2D eigenvalue weighted by Gasteiger charge is 2.32. The van der Waals surface area contributed by atoms with Crippen LogP contribution in [0.2, 0.25) is 0 Å². The number of hydrogen-bond donors (Lipinski definition) is 2. The third-order valence-corrected chi connectivity index (χ3v) is 5.12. The van der Waals surface area contributed by atoms with Gasteiger partial charge in [0.2, 0.25) is 0 Å². The number of Topliss-reactive ketones (excluding diaryl/α,β-unsaturated/α-hetero) is 1. The third kappa shape index (κ3) is 4.77. The fraction of sp³-hybridized carbons (Fsp3) is 0.167. The van der Waals surface area contributed by atoms with E-state index in [-0.39, 0.29) is 18.2 Å². The van der Waals surface area contributed by atoms with Gasteiger partial charge in [-0.25, -0.2) is 9.97 Å². The molecule has 1 amide bonds. The van der Waals surface area contributed by atoms with Crippen molar-refractivity contribution in [3.63, 3.8) is 0 Å². The van der Waals surface area contributed by atoms with E-state index in [2.05, 4.69) is 20.3 Å². The zero-order chi connectivity index (χ0) is 23.8. The Balaban J connectivity index is 1.53. The maximum atomic E-state index is 12.8. The van der Waals surface area contributed by atoms with Crippen LogP contribution in [-0.2, 0) is 12.7 Å². The van der Waals surface area contributed by atoms with Crippen molar-refractivity contribution in [1.82, 2.24) is 20.3 Å². The van der Waals surface area contributed by atoms with E-state index in [1.807, 2.05) is 25.1 Å². The molecule has 0 atom stereocenters. The average Bonchev–Trinajstić information content (AvgIpc) is 3.21. The van der Waals surface area contributed by atoms with E-state index in [9.17, 15) is 22.8 Å². The summed E-state index contributed by atoms with van der Waals surface area (Å²) in [6, 6.07) is 13.4. The van der Waals surface area contributed by atoms with Gasteiger partial charge in [-0.3, -0.25) is 9.59 Å². The Morgan fingerprint density at radius 3 is 2.45 bits per heavy atom. The normalized spacial score (nSPS) is 11.5. The van der Waals surface area contributed by atoms with Crippen molar-refractivity contribution in [2.24, 2.45) is 0 Å². The topological polar surface area (TPSA) is 87.7 Å². The standard InChI is InChI=1S/C24H19F3N4O2/c1-13-9-17(18-11-19(14(2)32)30-20(18)10-13)15-3-5-16(6-4-15)23(33)29-12-22-28-8-7-21(31-22)24(25,26)27/h3-11,30H,12H2,1-2H3,(H,29,33). The lowest BCUT2D eigenvalue weighted by molar-refractivity contribution is -0.141. The molecule has 0 fully saturated rings. The van der Waals surface area contributed by atoms with Gasteiger partial charge in [-0.2, -0.15) is 13.2 Å². The summed E-state index contributed by atoms with van der Waals surface area (Å²) < 4.78 is 38.3. The number of ketones is 1. The lowest BCUT2D eigenvalue weighted by atomic mass is 9.98. The van der Waals surface area contributed by atoms with Crippen LogP contribution in [0.4, 0.5) is 13.2 Å². The predicted molar refractivity (Wildman–Crippen MR) is 117 cm³/mol. The summed E-state index contributed by atoms with van der Waals surface area (Å²) in [7, 11) is 0. The number of nitrogens with one attached hydrogen (secondary N) is 2. The van der Waals surface area contributed by atoms with Crippen LogP contribution >= 0.6 is 0 Å². The van der Waals surface area contributed by atoms with Crippen molar-refractivity contribution in [3.05, 3.63) is 83.1 Å². The van der Waals surface area contributed by atoms with Gasteiger partial charge in [0, 0.05) is 29.6 Å². The molecular formula is C24H19F3N4O2. The fourth-order valence-corrected chi connectivity index (χ4v) is 3.52. The zero-order valence-corrected chi connectivity index (χ0v) is 17.7. The summed E-state index contributed by atoms with van der Waals surface area (Å²) in [5.74, 6) is -0.658. The van der Waals surface area contributed by atoms with Gasteiger partial charge in [0.15, 0.2) is 5.78 Å². The lowest BCUT2D eigenvalue weighted by Crippen LogP contribution is -2.24. The van der Waals surface area contributed by atoms with Gasteiger partial charge in [-0.05, 0) is 53.9 Å². The van der Waals surface area contributed by atoms with Crippen LogP contribution in [0.15, 0.2) is 54.7 Å². The number of alkyl halides is 3. The Labute approximate surface area is 186 Å². The van der Waals surface area contributed by atoms with Crippen molar-refractivity contribution in [2.75, 3.05) is 0 Å². The first kappa shape index (κ1) is 22.2. The van der Waals surface area contributed by atoms with E-state index in [1.54, 1.807) is 24.3 Å². The van der Waals surface area contributed by atoms with E-state index >= 15 is 0 Å².